The van der Waals surface area contributed by atoms with E-state index in [0.29, 0.717) is 55.1 Å². The van der Waals surface area contributed by atoms with Gasteiger partial charge in [-0.15, -0.1) is 0 Å². The van der Waals surface area contributed by atoms with E-state index in [1.165, 1.54) is 0 Å². The van der Waals surface area contributed by atoms with Gasteiger partial charge in [0.1, 0.15) is 11.2 Å². The summed E-state index contributed by atoms with van der Waals surface area (Å²) in [5.74, 6) is 1.16. The number of amides is 2. The maximum atomic E-state index is 13.1. The molecule has 3 unspecified atom stereocenters. The fraction of sp³-hybridized carbons (Fsp3) is 0.633. The molecule has 3 aromatic heterocycles. The van der Waals surface area contributed by atoms with Gasteiger partial charge in [0, 0.05) is 43.0 Å². The van der Waals surface area contributed by atoms with Crippen LogP contribution in [-0.2, 0) is 4.74 Å². The first-order valence-electron chi connectivity index (χ1n) is 15.1. The van der Waals surface area contributed by atoms with E-state index in [1.807, 2.05) is 33.0 Å². The van der Waals surface area contributed by atoms with Crippen LogP contribution in [0.25, 0.3) is 22.4 Å². The second-order valence-corrected chi connectivity index (χ2v) is 13.8. The van der Waals surface area contributed by atoms with Crippen LogP contribution in [0.2, 0.25) is 0 Å². The molecule has 2 amide bonds. The number of aliphatic hydroxyl groups is 1. The number of hydrogen-bond donors (Lipinski definition) is 4. The number of anilines is 1. The highest BCUT2D eigenvalue weighted by molar-refractivity contribution is 5.97. The van der Waals surface area contributed by atoms with Gasteiger partial charge in [-0.2, -0.15) is 4.98 Å². The van der Waals surface area contributed by atoms with E-state index in [-0.39, 0.29) is 24.1 Å². The van der Waals surface area contributed by atoms with Gasteiger partial charge < -0.3 is 34.9 Å². The van der Waals surface area contributed by atoms with Gasteiger partial charge in [-0.1, -0.05) is 5.16 Å². The van der Waals surface area contributed by atoms with E-state index < -0.39 is 17.1 Å². The molecule has 224 valence electrons. The first-order chi connectivity index (χ1) is 20.0. The van der Waals surface area contributed by atoms with Gasteiger partial charge in [-0.25, -0.2) is 9.78 Å². The SMILES string of the molecule is CC(C)(C)OC(=O)N1CCC(NC(=O)c2nc(-c3cnc4[nH]ccc4c3NC3[C@@H]4CC5C[C@H]3CC(O)(C5)C4)no2)CC1. The second-order valence-electron chi connectivity index (χ2n) is 13.8. The molecule has 4 aliphatic carbocycles. The molecular formula is C30H39N7O5. The van der Waals surface area contributed by atoms with Crippen LogP contribution >= 0.6 is 0 Å². The molecule has 0 aromatic carbocycles. The van der Waals surface area contributed by atoms with Crippen molar-refractivity contribution in [1.29, 1.82) is 0 Å². The molecule has 4 saturated carbocycles. The number of carbonyl (C=O) groups excluding carboxylic acids is 2. The minimum Gasteiger partial charge on any atom is -0.444 e. The molecule has 5 aliphatic rings. The largest absolute Gasteiger partial charge is 0.444 e. The Hall–Kier alpha value is -3.67. The van der Waals surface area contributed by atoms with Gasteiger partial charge in [0.2, 0.25) is 5.82 Å². The van der Waals surface area contributed by atoms with Crippen LogP contribution in [0.4, 0.5) is 10.5 Å². The number of aromatic nitrogens is 4. The van der Waals surface area contributed by atoms with Crippen molar-refractivity contribution in [2.24, 2.45) is 17.8 Å². The van der Waals surface area contributed by atoms with Gasteiger partial charge in [0.25, 0.3) is 0 Å². The van der Waals surface area contributed by atoms with Crippen molar-refractivity contribution in [2.75, 3.05) is 18.4 Å². The summed E-state index contributed by atoms with van der Waals surface area (Å²) in [6.07, 6.45) is 9.31. The highest BCUT2D eigenvalue weighted by Crippen LogP contribution is 2.56. The summed E-state index contributed by atoms with van der Waals surface area (Å²) in [4.78, 5) is 39.3. The van der Waals surface area contributed by atoms with Crippen molar-refractivity contribution in [2.45, 2.75) is 89.0 Å². The lowest BCUT2D eigenvalue weighted by molar-refractivity contribution is -0.129. The van der Waals surface area contributed by atoms with E-state index in [0.717, 1.165) is 48.8 Å². The topological polar surface area (TPSA) is 158 Å². The van der Waals surface area contributed by atoms with Crippen LogP contribution in [0.1, 0.15) is 76.4 Å². The first kappa shape index (κ1) is 27.2. The fourth-order valence-corrected chi connectivity index (χ4v) is 7.92. The van der Waals surface area contributed by atoms with Crippen LogP contribution in [-0.4, -0.2) is 78.5 Å². The molecule has 5 fully saturated rings. The number of nitrogens with one attached hydrogen (secondary N) is 3. The average Bonchev–Trinajstić information content (AvgIpc) is 3.59. The molecule has 4 bridgehead atoms. The summed E-state index contributed by atoms with van der Waals surface area (Å²) in [5, 5.41) is 23.0. The van der Waals surface area contributed by atoms with E-state index in [9.17, 15) is 14.7 Å². The third kappa shape index (κ3) is 5.10. The maximum Gasteiger partial charge on any atom is 0.410 e. The average molecular weight is 578 g/mol. The summed E-state index contributed by atoms with van der Waals surface area (Å²) in [7, 11) is 0. The molecule has 12 heteroatoms. The molecule has 4 N–H and O–H groups in total. The van der Waals surface area contributed by atoms with Crippen molar-refractivity contribution in [3.05, 3.63) is 24.4 Å². The number of nitrogens with zero attached hydrogens (tertiary/aromatic N) is 4. The molecule has 1 saturated heterocycles. The lowest BCUT2D eigenvalue weighted by atomic mass is 9.52. The number of ether oxygens (including phenoxy) is 1. The lowest BCUT2D eigenvalue weighted by Gasteiger charge is -2.58. The normalized spacial score (nSPS) is 29.2. The van der Waals surface area contributed by atoms with Gasteiger partial charge in [-0.05, 0) is 89.5 Å². The van der Waals surface area contributed by atoms with Crippen molar-refractivity contribution in [3.8, 4) is 11.4 Å². The molecule has 0 spiro atoms. The molecule has 1 aliphatic heterocycles. The van der Waals surface area contributed by atoms with Crippen LogP contribution in [0.3, 0.4) is 0 Å². The Kier molecular flexibility index (Phi) is 6.45. The van der Waals surface area contributed by atoms with Crippen molar-refractivity contribution < 1.29 is 24.0 Å². The number of likely N-dealkylation sites (tertiary alicyclic amines) is 1. The fourth-order valence-electron chi connectivity index (χ4n) is 7.92. The second kappa shape index (κ2) is 9.96. The highest BCUT2D eigenvalue weighted by atomic mass is 16.6. The van der Waals surface area contributed by atoms with Crippen molar-refractivity contribution in [1.82, 2.24) is 30.3 Å². The molecule has 42 heavy (non-hydrogen) atoms. The van der Waals surface area contributed by atoms with Crippen molar-refractivity contribution >= 4 is 28.7 Å². The smallest absolute Gasteiger partial charge is 0.410 e. The Bertz CT molecular complexity index is 1480. The molecule has 5 atom stereocenters. The predicted molar refractivity (Wildman–Crippen MR) is 154 cm³/mol. The summed E-state index contributed by atoms with van der Waals surface area (Å²) in [6, 6.07) is 2.10. The Balaban J connectivity index is 1.06. The lowest BCUT2D eigenvalue weighted by Crippen LogP contribution is -2.59. The van der Waals surface area contributed by atoms with Gasteiger partial charge in [0.05, 0.1) is 16.9 Å². The van der Waals surface area contributed by atoms with Crippen LogP contribution in [0.15, 0.2) is 23.0 Å². The first-order valence-corrected chi connectivity index (χ1v) is 15.1. The summed E-state index contributed by atoms with van der Waals surface area (Å²) < 4.78 is 10.9. The summed E-state index contributed by atoms with van der Waals surface area (Å²) >= 11 is 0. The Morgan fingerprint density at radius 2 is 1.90 bits per heavy atom. The Morgan fingerprint density at radius 3 is 2.60 bits per heavy atom. The zero-order chi connectivity index (χ0) is 29.2. The number of H-pyrrole nitrogens is 1. The Morgan fingerprint density at radius 1 is 1.17 bits per heavy atom. The minimum atomic E-state index is -0.549. The van der Waals surface area contributed by atoms with E-state index in [2.05, 4.69) is 30.7 Å². The van der Waals surface area contributed by atoms with Gasteiger partial charge >= 0.3 is 17.9 Å². The minimum absolute atomic E-state index is 0.114. The number of hydrogen-bond acceptors (Lipinski definition) is 9. The van der Waals surface area contributed by atoms with Crippen LogP contribution in [0.5, 0.6) is 0 Å². The summed E-state index contributed by atoms with van der Waals surface area (Å²) in [5.41, 5.74) is 1.23. The third-order valence-electron chi connectivity index (χ3n) is 9.48. The Labute approximate surface area is 244 Å². The quantitative estimate of drug-likeness (QED) is 0.350. The maximum absolute atomic E-state index is 13.1. The number of aromatic amines is 1. The number of piperidine rings is 1. The molecule has 0 radical (unpaired) electrons. The predicted octanol–water partition coefficient (Wildman–Crippen LogP) is 4.09. The molecular weight excluding hydrogens is 538 g/mol. The standard InChI is InChI=1S/C30H39N7O5/c1-29(2,3)41-28(39)37-8-5-19(6-9-37)33-26(38)27-35-25(36-42-27)21-15-32-24-20(4-7-31-24)23(21)34-22-17-10-16-11-18(22)14-30(40,12-16)13-17/h4,7,15-19,22,40H,5-6,8-14H2,1-3H3,(H,33,38)(H2,31,32,34)/t16?,17-,18+,22?,30?. The molecule has 8 rings (SSSR count). The van der Waals surface area contributed by atoms with Gasteiger partial charge in [0.15, 0.2) is 0 Å². The number of carbonyl (C=O) groups is 2. The van der Waals surface area contributed by atoms with Crippen molar-refractivity contribution in [3.63, 3.8) is 0 Å². The zero-order valence-electron chi connectivity index (χ0n) is 24.4. The summed E-state index contributed by atoms with van der Waals surface area (Å²) in [6.45, 7) is 6.52. The molecule has 12 nitrogen and oxygen atoms in total. The number of pyridine rings is 1. The highest BCUT2D eigenvalue weighted by Gasteiger charge is 2.54. The van der Waals surface area contributed by atoms with E-state index in [4.69, 9.17) is 9.26 Å². The molecule has 4 heterocycles. The monoisotopic (exact) mass is 577 g/mol. The number of fused-ring (bicyclic) bond motifs is 1. The van der Waals surface area contributed by atoms with Crippen LogP contribution in [0, 0.1) is 17.8 Å². The van der Waals surface area contributed by atoms with E-state index in [1.54, 1.807) is 11.1 Å². The van der Waals surface area contributed by atoms with Gasteiger partial charge in [-0.3, -0.25) is 4.79 Å². The van der Waals surface area contributed by atoms with E-state index >= 15 is 0 Å². The molecule has 3 aromatic rings. The number of rotatable bonds is 5. The van der Waals surface area contributed by atoms with Crippen LogP contribution < -0.4 is 10.6 Å². The zero-order valence-corrected chi connectivity index (χ0v) is 24.4. The third-order valence-corrected chi connectivity index (χ3v) is 9.48.